The summed E-state index contributed by atoms with van der Waals surface area (Å²) in [5, 5.41) is 7.19. The van der Waals surface area contributed by atoms with Crippen molar-refractivity contribution in [2.24, 2.45) is 4.99 Å². The lowest BCUT2D eigenvalue weighted by Gasteiger charge is -2.40. The van der Waals surface area contributed by atoms with Crippen molar-refractivity contribution in [2.75, 3.05) is 7.05 Å². The number of guanidine groups is 1. The molecule has 2 heterocycles. The number of hydrogen-bond acceptors (Lipinski definition) is 3. The van der Waals surface area contributed by atoms with Crippen LogP contribution in [0, 0.1) is 0 Å². The minimum absolute atomic E-state index is 0. The third-order valence-corrected chi connectivity index (χ3v) is 6.47. The fraction of sp³-hybridized carbons (Fsp3) is 0.360. The second-order valence-corrected chi connectivity index (χ2v) is 8.46. The van der Waals surface area contributed by atoms with Gasteiger partial charge >= 0.3 is 0 Å². The molecule has 2 aliphatic rings. The highest BCUT2D eigenvalue weighted by atomic mass is 127. The maximum Gasteiger partial charge on any atom is 0.191 e. The number of ether oxygens (including phenoxy) is 1. The van der Waals surface area contributed by atoms with Gasteiger partial charge in [0.15, 0.2) is 5.96 Å². The Hall–Kier alpha value is -2.55. The highest BCUT2D eigenvalue weighted by Crippen LogP contribution is 2.46. The number of fused-ring (bicyclic) bond motifs is 1. The number of para-hydroxylation sites is 2. The van der Waals surface area contributed by atoms with Crippen LogP contribution in [0.5, 0.6) is 5.75 Å². The molecule has 0 bridgehead atoms. The number of hydrogen-bond donors (Lipinski definition) is 2. The molecule has 0 radical (unpaired) electrons. The average molecular weight is 543 g/mol. The average Bonchev–Trinajstić information content (AvgIpc) is 3.49. The molecule has 6 nitrogen and oxygen atoms in total. The van der Waals surface area contributed by atoms with Crippen LogP contribution in [0.2, 0.25) is 0 Å². The van der Waals surface area contributed by atoms with Gasteiger partial charge in [-0.2, -0.15) is 0 Å². The van der Waals surface area contributed by atoms with Gasteiger partial charge in [-0.3, -0.25) is 4.99 Å². The molecule has 3 aromatic rings. The van der Waals surface area contributed by atoms with Gasteiger partial charge < -0.3 is 19.9 Å². The van der Waals surface area contributed by atoms with E-state index in [2.05, 4.69) is 63.1 Å². The largest absolute Gasteiger partial charge is 0.487 e. The molecule has 1 aliphatic heterocycles. The van der Waals surface area contributed by atoms with Crippen LogP contribution in [0.3, 0.4) is 0 Å². The predicted molar refractivity (Wildman–Crippen MR) is 138 cm³/mol. The van der Waals surface area contributed by atoms with Crippen molar-refractivity contribution >= 4 is 29.9 Å². The van der Waals surface area contributed by atoms with Gasteiger partial charge in [-0.1, -0.05) is 36.4 Å². The SMILES string of the molecule is CN=C(NCc1ccccc1-n1ccnc1)NC1CC2(CCCC2)Oc2ccccc21.I. The van der Waals surface area contributed by atoms with Gasteiger partial charge in [0.25, 0.3) is 0 Å². The Morgan fingerprint density at radius 1 is 1.16 bits per heavy atom. The summed E-state index contributed by atoms with van der Waals surface area (Å²) in [4.78, 5) is 8.69. The molecule has 1 fully saturated rings. The number of halogens is 1. The molecule has 32 heavy (non-hydrogen) atoms. The molecule has 2 aromatic carbocycles. The number of aromatic nitrogens is 2. The van der Waals surface area contributed by atoms with Gasteiger partial charge in [-0.25, -0.2) is 4.98 Å². The van der Waals surface area contributed by atoms with E-state index in [1.807, 2.05) is 30.2 Å². The first-order chi connectivity index (χ1) is 15.3. The second kappa shape index (κ2) is 9.94. The maximum atomic E-state index is 6.50. The summed E-state index contributed by atoms with van der Waals surface area (Å²) in [7, 11) is 1.83. The Morgan fingerprint density at radius 3 is 2.72 bits per heavy atom. The van der Waals surface area contributed by atoms with E-state index in [9.17, 15) is 0 Å². The summed E-state index contributed by atoms with van der Waals surface area (Å²) in [6.45, 7) is 0.671. The number of benzene rings is 2. The first kappa shape index (κ1) is 22.6. The van der Waals surface area contributed by atoms with Gasteiger partial charge in [0.05, 0.1) is 18.1 Å². The lowest BCUT2D eigenvalue weighted by atomic mass is 9.86. The molecule has 0 amide bonds. The van der Waals surface area contributed by atoms with E-state index in [1.165, 1.54) is 24.0 Å². The van der Waals surface area contributed by atoms with E-state index in [4.69, 9.17) is 4.74 Å². The van der Waals surface area contributed by atoms with Crippen molar-refractivity contribution in [1.29, 1.82) is 0 Å². The molecular weight excluding hydrogens is 513 g/mol. The molecule has 1 aliphatic carbocycles. The normalized spacial score (nSPS) is 19.0. The monoisotopic (exact) mass is 543 g/mol. The molecule has 0 saturated heterocycles. The molecular formula is C25H30IN5O. The zero-order chi connectivity index (χ0) is 21.1. The molecule has 1 unspecified atom stereocenters. The fourth-order valence-corrected chi connectivity index (χ4v) is 4.92. The van der Waals surface area contributed by atoms with Crippen molar-refractivity contribution in [3.8, 4) is 11.4 Å². The number of rotatable bonds is 4. The molecule has 1 atom stereocenters. The Kier molecular flexibility index (Phi) is 7.03. The summed E-state index contributed by atoms with van der Waals surface area (Å²) in [6.07, 6.45) is 11.3. The summed E-state index contributed by atoms with van der Waals surface area (Å²) < 4.78 is 8.54. The molecule has 1 saturated carbocycles. The van der Waals surface area contributed by atoms with Crippen LogP contribution >= 0.6 is 24.0 Å². The molecule has 5 rings (SSSR count). The van der Waals surface area contributed by atoms with E-state index in [1.54, 1.807) is 6.20 Å². The molecule has 1 spiro atoms. The first-order valence-corrected chi connectivity index (χ1v) is 11.1. The van der Waals surface area contributed by atoms with Crippen LogP contribution in [0.15, 0.2) is 72.2 Å². The van der Waals surface area contributed by atoms with Crippen LogP contribution in [0.25, 0.3) is 5.69 Å². The van der Waals surface area contributed by atoms with Gasteiger partial charge in [0.2, 0.25) is 0 Å². The minimum Gasteiger partial charge on any atom is -0.487 e. The molecule has 1 aromatic heterocycles. The van der Waals surface area contributed by atoms with E-state index in [0.29, 0.717) is 6.54 Å². The van der Waals surface area contributed by atoms with Crippen molar-refractivity contribution in [3.63, 3.8) is 0 Å². The van der Waals surface area contributed by atoms with Crippen molar-refractivity contribution in [3.05, 3.63) is 78.4 Å². The van der Waals surface area contributed by atoms with Gasteiger partial charge in [-0.05, 0) is 43.4 Å². The summed E-state index contributed by atoms with van der Waals surface area (Å²) in [5.74, 6) is 1.81. The molecule has 7 heteroatoms. The van der Waals surface area contributed by atoms with E-state index in [-0.39, 0.29) is 35.6 Å². The highest BCUT2D eigenvalue weighted by molar-refractivity contribution is 14.0. The number of imidazole rings is 1. The zero-order valence-corrected chi connectivity index (χ0v) is 20.7. The Bertz CT molecular complexity index is 1060. The second-order valence-electron chi connectivity index (χ2n) is 8.46. The standard InChI is InChI=1S/C25H29N5O.HI/c1-26-24(28-17-19-8-2-4-10-22(19)30-15-14-27-18-30)29-21-16-25(12-6-7-13-25)31-23-11-5-3-9-20(21)23;/h2-5,8-11,14-15,18,21H,6-7,12-13,16-17H2,1H3,(H2,26,28,29);1H. The summed E-state index contributed by atoms with van der Waals surface area (Å²) in [6, 6.07) is 16.9. The summed E-state index contributed by atoms with van der Waals surface area (Å²) >= 11 is 0. The Morgan fingerprint density at radius 2 is 1.94 bits per heavy atom. The minimum atomic E-state index is -0.0428. The topological polar surface area (TPSA) is 63.5 Å². The quantitative estimate of drug-likeness (QED) is 0.277. The Balaban J connectivity index is 0.00000245. The van der Waals surface area contributed by atoms with E-state index >= 15 is 0 Å². The van der Waals surface area contributed by atoms with E-state index in [0.717, 1.165) is 36.7 Å². The van der Waals surface area contributed by atoms with Crippen molar-refractivity contribution in [1.82, 2.24) is 20.2 Å². The Labute approximate surface area is 206 Å². The van der Waals surface area contributed by atoms with Gasteiger partial charge in [0, 0.05) is 38.0 Å². The van der Waals surface area contributed by atoms with Crippen LogP contribution < -0.4 is 15.4 Å². The predicted octanol–water partition coefficient (Wildman–Crippen LogP) is 4.99. The maximum absolute atomic E-state index is 6.50. The first-order valence-electron chi connectivity index (χ1n) is 11.1. The number of aliphatic imine (C=N–C) groups is 1. The highest BCUT2D eigenvalue weighted by Gasteiger charge is 2.43. The lowest BCUT2D eigenvalue weighted by Crippen LogP contribution is -2.46. The van der Waals surface area contributed by atoms with Crippen LogP contribution in [-0.4, -0.2) is 28.2 Å². The lowest BCUT2D eigenvalue weighted by molar-refractivity contribution is 0.0396. The van der Waals surface area contributed by atoms with Crippen LogP contribution in [0.4, 0.5) is 0 Å². The number of nitrogens with one attached hydrogen (secondary N) is 2. The molecule has 2 N–H and O–H groups in total. The third kappa shape index (κ3) is 4.62. The smallest absolute Gasteiger partial charge is 0.191 e. The van der Waals surface area contributed by atoms with Crippen molar-refractivity contribution in [2.45, 2.75) is 50.3 Å². The van der Waals surface area contributed by atoms with Gasteiger partial charge in [0.1, 0.15) is 11.4 Å². The van der Waals surface area contributed by atoms with Crippen LogP contribution in [-0.2, 0) is 6.54 Å². The van der Waals surface area contributed by atoms with E-state index < -0.39 is 0 Å². The summed E-state index contributed by atoms with van der Waals surface area (Å²) in [5.41, 5.74) is 3.47. The molecule has 168 valence electrons. The van der Waals surface area contributed by atoms with Crippen LogP contribution in [0.1, 0.15) is 49.3 Å². The zero-order valence-electron chi connectivity index (χ0n) is 18.3. The fourth-order valence-electron chi connectivity index (χ4n) is 4.92. The number of nitrogens with zero attached hydrogens (tertiary/aromatic N) is 3. The van der Waals surface area contributed by atoms with Gasteiger partial charge in [-0.15, -0.1) is 24.0 Å². The third-order valence-electron chi connectivity index (χ3n) is 6.47. The van der Waals surface area contributed by atoms with Crippen molar-refractivity contribution < 1.29 is 4.74 Å².